The summed E-state index contributed by atoms with van der Waals surface area (Å²) < 4.78 is 5.46. The molecule has 0 bridgehead atoms. The molecule has 22 heavy (non-hydrogen) atoms. The monoisotopic (exact) mass is 299 g/mol. The van der Waals surface area contributed by atoms with E-state index in [1.54, 1.807) is 0 Å². The van der Waals surface area contributed by atoms with Crippen LogP contribution in [-0.2, 0) is 11.2 Å². The number of likely N-dealkylation sites (N-methyl/N-ethyl adjacent to an activating group) is 1. The zero-order chi connectivity index (χ0) is 15.4. The predicted octanol–water partition coefficient (Wildman–Crippen LogP) is 2.14. The first-order chi connectivity index (χ1) is 10.7. The van der Waals surface area contributed by atoms with E-state index < -0.39 is 5.54 Å². The van der Waals surface area contributed by atoms with E-state index in [0.717, 1.165) is 36.4 Å². The molecular formula is C17H21N3O2. The molecule has 0 saturated carbocycles. The Morgan fingerprint density at radius 2 is 2.23 bits per heavy atom. The summed E-state index contributed by atoms with van der Waals surface area (Å²) in [4.78, 5) is 12.4. The fourth-order valence-corrected chi connectivity index (χ4v) is 3.00. The number of amides is 1. The second-order valence-electron chi connectivity index (χ2n) is 5.69. The molecule has 0 aliphatic carbocycles. The second-order valence-corrected chi connectivity index (χ2v) is 5.69. The normalized spacial score (nSPS) is 21.0. The lowest BCUT2D eigenvalue weighted by Crippen LogP contribution is -2.55. The molecule has 0 radical (unpaired) electrons. The molecule has 1 aliphatic rings. The van der Waals surface area contributed by atoms with Crippen molar-refractivity contribution >= 4 is 5.91 Å². The third-order valence-electron chi connectivity index (χ3n) is 4.12. The van der Waals surface area contributed by atoms with Gasteiger partial charge in [-0.15, -0.1) is 0 Å². The number of hydrogen-bond donors (Lipinski definition) is 2. The first-order valence-electron chi connectivity index (χ1n) is 7.78. The minimum atomic E-state index is -0.566. The summed E-state index contributed by atoms with van der Waals surface area (Å²) in [6.45, 7) is 3.42. The summed E-state index contributed by atoms with van der Waals surface area (Å²) in [6.07, 6.45) is 2.34. The van der Waals surface area contributed by atoms with Gasteiger partial charge in [-0.25, -0.2) is 0 Å². The van der Waals surface area contributed by atoms with Crippen molar-refractivity contribution in [1.29, 1.82) is 0 Å². The molecule has 0 spiro atoms. The van der Waals surface area contributed by atoms with Gasteiger partial charge in [0.1, 0.15) is 17.0 Å². The molecule has 2 N–H and O–H groups in total. The number of aromatic nitrogens is 1. The first kappa shape index (κ1) is 14.8. The number of carbonyl (C=O) groups is 1. The van der Waals surface area contributed by atoms with Gasteiger partial charge in [-0.3, -0.25) is 4.79 Å². The molecule has 1 fully saturated rings. The molecule has 116 valence electrons. The first-order valence-corrected chi connectivity index (χ1v) is 7.78. The van der Waals surface area contributed by atoms with E-state index in [2.05, 4.69) is 15.8 Å². The van der Waals surface area contributed by atoms with E-state index >= 15 is 0 Å². The Morgan fingerprint density at radius 1 is 1.41 bits per heavy atom. The summed E-state index contributed by atoms with van der Waals surface area (Å²) in [7, 11) is 0. The van der Waals surface area contributed by atoms with Crippen LogP contribution in [0.3, 0.4) is 0 Å². The average molecular weight is 299 g/mol. The van der Waals surface area contributed by atoms with Crippen molar-refractivity contribution in [3.05, 3.63) is 42.2 Å². The number of rotatable bonds is 5. The van der Waals surface area contributed by atoms with Gasteiger partial charge in [-0.05, 0) is 26.3 Å². The highest BCUT2D eigenvalue weighted by Crippen LogP contribution is 2.27. The molecule has 5 heteroatoms. The molecule has 1 amide bonds. The van der Waals surface area contributed by atoms with Gasteiger partial charge in [0.15, 0.2) is 0 Å². The largest absolute Gasteiger partial charge is 0.361 e. The van der Waals surface area contributed by atoms with Crippen molar-refractivity contribution in [2.24, 2.45) is 0 Å². The second kappa shape index (κ2) is 6.32. The highest BCUT2D eigenvalue weighted by molar-refractivity contribution is 5.87. The average Bonchev–Trinajstić information content (AvgIpc) is 3.19. The summed E-state index contributed by atoms with van der Waals surface area (Å²) in [5.74, 6) is 0.782. The van der Waals surface area contributed by atoms with Crippen LogP contribution in [0.25, 0.3) is 11.3 Å². The van der Waals surface area contributed by atoms with Gasteiger partial charge < -0.3 is 15.2 Å². The van der Waals surface area contributed by atoms with Crippen LogP contribution in [0.15, 0.2) is 40.9 Å². The third-order valence-corrected chi connectivity index (χ3v) is 4.12. The Labute approximate surface area is 130 Å². The summed E-state index contributed by atoms with van der Waals surface area (Å²) >= 11 is 0. The maximum Gasteiger partial charge on any atom is 0.240 e. The van der Waals surface area contributed by atoms with E-state index in [1.807, 2.05) is 43.3 Å². The van der Waals surface area contributed by atoms with Gasteiger partial charge in [0.25, 0.3) is 0 Å². The van der Waals surface area contributed by atoms with Gasteiger partial charge >= 0.3 is 0 Å². The lowest BCUT2D eigenvalue weighted by molar-refractivity contribution is -0.127. The zero-order valence-corrected chi connectivity index (χ0v) is 12.8. The van der Waals surface area contributed by atoms with Crippen molar-refractivity contribution in [1.82, 2.24) is 15.8 Å². The van der Waals surface area contributed by atoms with E-state index in [-0.39, 0.29) is 5.91 Å². The van der Waals surface area contributed by atoms with Crippen molar-refractivity contribution in [3.8, 4) is 11.3 Å². The quantitative estimate of drug-likeness (QED) is 0.887. The van der Waals surface area contributed by atoms with Crippen molar-refractivity contribution in [2.75, 3.05) is 13.1 Å². The molecule has 1 atom stereocenters. The Morgan fingerprint density at radius 3 is 2.91 bits per heavy atom. The number of hydrogen-bond acceptors (Lipinski definition) is 4. The topological polar surface area (TPSA) is 67.2 Å². The molecule has 1 aliphatic heterocycles. The Kier molecular flexibility index (Phi) is 4.24. The van der Waals surface area contributed by atoms with Crippen LogP contribution < -0.4 is 10.6 Å². The number of benzene rings is 1. The molecule has 1 aromatic carbocycles. The van der Waals surface area contributed by atoms with Crippen LogP contribution in [0.1, 0.15) is 25.5 Å². The molecule has 5 nitrogen and oxygen atoms in total. The third kappa shape index (κ3) is 2.90. The SMILES string of the molecule is CCNC(=O)[C@]1(Cc2cc(-c3ccccc3)no2)CCCN1. The van der Waals surface area contributed by atoms with Crippen molar-refractivity contribution in [2.45, 2.75) is 31.7 Å². The Hall–Kier alpha value is -2.14. The van der Waals surface area contributed by atoms with Gasteiger partial charge in [-0.1, -0.05) is 35.5 Å². The van der Waals surface area contributed by atoms with Gasteiger partial charge in [0.05, 0.1) is 0 Å². The molecule has 3 rings (SSSR count). The van der Waals surface area contributed by atoms with Crippen molar-refractivity contribution < 1.29 is 9.32 Å². The Balaban J connectivity index is 1.80. The number of nitrogens with one attached hydrogen (secondary N) is 2. The van der Waals surface area contributed by atoms with Gasteiger partial charge in [0.2, 0.25) is 5.91 Å². The minimum Gasteiger partial charge on any atom is -0.361 e. The van der Waals surface area contributed by atoms with Crippen LogP contribution in [-0.4, -0.2) is 29.7 Å². The predicted molar refractivity (Wildman–Crippen MR) is 84.3 cm³/mol. The number of carbonyl (C=O) groups excluding carboxylic acids is 1. The van der Waals surface area contributed by atoms with Crippen LogP contribution in [0.2, 0.25) is 0 Å². The molecule has 1 saturated heterocycles. The van der Waals surface area contributed by atoms with Gasteiger partial charge in [0, 0.05) is 24.6 Å². The summed E-state index contributed by atoms with van der Waals surface area (Å²) in [5, 5.41) is 10.4. The fraction of sp³-hybridized carbons (Fsp3) is 0.412. The number of nitrogens with zero attached hydrogens (tertiary/aromatic N) is 1. The maximum atomic E-state index is 12.4. The smallest absolute Gasteiger partial charge is 0.240 e. The molecule has 1 aromatic heterocycles. The van der Waals surface area contributed by atoms with Crippen LogP contribution >= 0.6 is 0 Å². The van der Waals surface area contributed by atoms with Crippen LogP contribution in [0.5, 0.6) is 0 Å². The Bertz CT molecular complexity index is 630. The van der Waals surface area contributed by atoms with Crippen LogP contribution in [0, 0.1) is 0 Å². The molecular weight excluding hydrogens is 278 g/mol. The minimum absolute atomic E-state index is 0.0464. The lowest BCUT2D eigenvalue weighted by atomic mass is 9.90. The standard InChI is InChI=1S/C17H21N3O2/c1-2-18-16(21)17(9-6-10-19-17)12-14-11-15(20-22-14)13-7-4-3-5-8-13/h3-5,7-8,11,19H,2,6,9-10,12H2,1H3,(H,18,21)/t17-/m1/s1. The van der Waals surface area contributed by atoms with E-state index in [1.165, 1.54) is 0 Å². The van der Waals surface area contributed by atoms with E-state index in [9.17, 15) is 4.79 Å². The van der Waals surface area contributed by atoms with E-state index in [4.69, 9.17) is 4.52 Å². The summed E-state index contributed by atoms with van der Waals surface area (Å²) in [6, 6.07) is 11.8. The highest BCUT2D eigenvalue weighted by Gasteiger charge is 2.41. The molecule has 2 aromatic rings. The highest BCUT2D eigenvalue weighted by atomic mass is 16.5. The zero-order valence-electron chi connectivity index (χ0n) is 12.8. The van der Waals surface area contributed by atoms with E-state index in [0.29, 0.717) is 13.0 Å². The maximum absolute atomic E-state index is 12.4. The van der Waals surface area contributed by atoms with Gasteiger partial charge in [-0.2, -0.15) is 0 Å². The fourth-order valence-electron chi connectivity index (χ4n) is 3.00. The molecule has 2 heterocycles. The summed E-state index contributed by atoms with van der Waals surface area (Å²) in [5.41, 5.74) is 1.26. The van der Waals surface area contributed by atoms with Crippen molar-refractivity contribution in [3.63, 3.8) is 0 Å². The van der Waals surface area contributed by atoms with Crippen LogP contribution in [0.4, 0.5) is 0 Å². The lowest BCUT2D eigenvalue weighted by Gasteiger charge is -2.26. The molecule has 0 unspecified atom stereocenters.